The first-order chi connectivity index (χ1) is 4.68. The number of hydrogen-bond donors (Lipinski definition) is 1. The maximum atomic E-state index is 10.4. The summed E-state index contributed by atoms with van der Waals surface area (Å²) in [5, 5.41) is 7.42. The van der Waals surface area contributed by atoms with Gasteiger partial charge in [0.05, 0.1) is 0 Å². The fourth-order valence-corrected chi connectivity index (χ4v) is 0. The summed E-state index contributed by atoms with van der Waals surface area (Å²) in [6.45, 7) is 6.68. The molecule has 11 heavy (non-hydrogen) atoms. The molecule has 0 heterocycles. The third kappa shape index (κ3) is 17.7. The Balaban J connectivity index is 0. The molecule has 0 aliphatic rings. The molecular weight excluding hydrogens is 240 g/mol. The molecular formula is C7H13AgO3. The van der Waals surface area contributed by atoms with Crippen LogP contribution in [-0.4, -0.2) is 15.1 Å². The van der Waals surface area contributed by atoms with Crippen LogP contribution in [0.25, 0.3) is 0 Å². The number of carboxylic acid groups (broad SMARTS) is 1. The van der Waals surface area contributed by atoms with Crippen LogP contribution in [0.4, 0.5) is 0 Å². The van der Waals surface area contributed by atoms with Gasteiger partial charge in [0, 0.05) is 6.92 Å². The van der Waals surface area contributed by atoms with Crippen molar-refractivity contribution in [3.63, 3.8) is 0 Å². The van der Waals surface area contributed by atoms with E-state index in [9.17, 15) is 4.79 Å². The first kappa shape index (κ1) is 13.5. The molecule has 0 saturated heterocycles. The SMILES string of the molecule is CC(=O)O.CC(C)(C)[C](=O)[Ag]. The van der Waals surface area contributed by atoms with E-state index in [1.165, 1.54) is 0 Å². The van der Waals surface area contributed by atoms with Gasteiger partial charge in [-0.2, -0.15) is 0 Å². The van der Waals surface area contributed by atoms with Crippen LogP contribution in [-0.2, 0) is 30.7 Å². The van der Waals surface area contributed by atoms with Crippen LogP contribution < -0.4 is 0 Å². The van der Waals surface area contributed by atoms with E-state index in [1.54, 1.807) is 0 Å². The third-order valence-corrected chi connectivity index (χ3v) is 1.64. The van der Waals surface area contributed by atoms with E-state index in [0.29, 0.717) is 0 Å². The molecule has 0 aliphatic carbocycles. The molecule has 0 fully saturated rings. The first-order valence-corrected chi connectivity index (χ1v) is 3.77. The average molecular weight is 253 g/mol. The van der Waals surface area contributed by atoms with Gasteiger partial charge in [-0.1, -0.05) is 0 Å². The Morgan fingerprint density at radius 3 is 1.36 bits per heavy atom. The van der Waals surface area contributed by atoms with Gasteiger partial charge in [0.15, 0.2) is 0 Å². The Labute approximate surface area is 79.1 Å². The Kier molecular flexibility index (Phi) is 6.76. The maximum absolute atomic E-state index is 10.4. The molecule has 70 valence electrons. The van der Waals surface area contributed by atoms with Crippen LogP contribution in [0, 0.1) is 5.41 Å². The molecule has 1 N–H and O–H groups in total. The number of carbonyl (C=O) groups excluding carboxylic acids is 1. The number of rotatable bonds is 0. The molecule has 0 radical (unpaired) electrons. The monoisotopic (exact) mass is 252 g/mol. The molecule has 0 spiro atoms. The molecule has 0 rings (SSSR count). The molecule has 0 saturated carbocycles. The molecule has 0 aromatic rings. The van der Waals surface area contributed by atoms with Crippen LogP contribution >= 0.6 is 0 Å². The minimum atomic E-state index is -0.833. The fourth-order valence-electron chi connectivity index (χ4n) is 0. The van der Waals surface area contributed by atoms with Crippen molar-refractivity contribution in [1.29, 1.82) is 0 Å². The van der Waals surface area contributed by atoms with E-state index < -0.39 is 5.97 Å². The summed E-state index contributed by atoms with van der Waals surface area (Å²) in [5.41, 5.74) is -0.223. The van der Waals surface area contributed by atoms with E-state index in [-0.39, 0.29) is 9.42 Å². The second-order valence-electron chi connectivity index (χ2n) is 3.01. The Bertz CT molecular complexity index is 142. The van der Waals surface area contributed by atoms with Gasteiger partial charge in [0.1, 0.15) is 0 Å². The molecule has 0 bridgehead atoms. The van der Waals surface area contributed by atoms with Crippen LogP contribution in [0.15, 0.2) is 0 Å². The van der Waals surface area contributed by atoms with E-state index >= 15 is 0 Å². The quantitative estimate of drug-likeness (QED) is 0.660. The van der Waals surface area contributed by atoms with E-state index in [2.05, 4.69) is 21.1 Å². The van der Waals surface area contributed by atoms with Gasteiger partial charge < -0.3 is 5.11 Å². The first-order valence-electron chi connectivity index (χ1n) is 3.03. The Hall–Kier alpha value is -0.120. The van der Waals surface area contributed by atoms with Crippen molar-refractivity contribution in [3.8, 4) is 0 Å². The zero-order chi connectivity index (χ0) is 9.65. The molecule has 0 unspecified atom stereocenters. The topological polar surface area (TPSA) is 54.4 Å². The minimum absolute atomic E-state index is 0.0531. The molecule has 0 atom stereocenters. The Morgan fingerprint density at radius 2 is 1.36 bits per heavy atom. The molecule has 4 heteroatoms. The van der Waals surface area contributed by atoms with Crippen LogP contribution in [0.3, 0.4) is 0 Å². The second-order valence-corrected chi connectivity index (χ2v) is 3.68. The van der Waals surface area contributed by atoms with Crippen molar-refractivity contribution >= 4 is 9.97 Å². The second kappa shape index (κ2) is 5.52. The van der Waals surface area contributed by atoms with E-state index in [4.69, 9.17) is 9.90 Å². The van der Waals surface area contributed by atoms with Crippen molar-refractivity contribution in [1.82, 2.24) is 0 Å². The number of aliphatic carboxylic acids is 1. The van der Waals surface area contributed by atoms with Crippen molar-refractivity contribution in [3.05, 3.63) is 0 Å². The summed E-state index contributed by atoms with van der Waals surface area (Å²) in [6, 6.07) is 0. The molecule has 0 aliphatic heterocycles. The van der Waals surface area contributed by atoms with Gasteiger partial charge in [-0.05, 0) is 0 Å². The zero-order valence-electron chi connectivity index (χ0n) is 7.07. The predicted octanol–water partition coefficient (Wildman–Crippen LogP) is 1.20. The average Bonchev–Trinajstić information content (AvgIpc) is 1.59. The molecule has 0 amide bonds. The fraction of sp³-hybridized carbons (Fsp3) is 0.714. The van der Waals surface area contributed by atoms with Crippen molar-refractivity contribution in [2.24, 2.45) is 5.41 Å². The molecule has 3 nitrogen and oxygen atoms in total. The number of hydrogen-bond acceptors (Lipinski definition) is 2. The normalized spacial score (nSPS) is 9.64. The van der Waals surface area contributed by atoms with Crippen molar-refractivity contribution < 1.29 is 35.8 Å². The molecule has 0 aromatic carbocycles. The number of carbonyl (C=O) groups is 2. The van der Waals surface area contributed by atoms with Gasteiger partial charge in [0.2, 0.25) is 0 Å². The summed E-state index contributed by atoms with van der Waals surface area (Å²) < 4.78 is 0.0531. The van der Waals surface area contributed by atoms with Crippen molar-refractivity contribution in [2.45, 2.75) is 27.7 Å². The summed E-state index contributed by atoms with van der Waals surface area (Å²) in [7, 11) is 0. The summed E-state index contributed by atoms with van der Waals surface area (Å²) >= 11 is 2.87. The van der Waals surface area contributed by atoms with E-state index in [0.717, 1.165) is 6.92 Å². The van der Waals surface area contributed by atoms with Crippen LogP contribution in [0.2, 0.25) is 0 Å². The van der Waals surface area contributed by atoms with Gasteiger partial charge >= 0.3 is 56.0 Å². The van der Waals surface area contributed by atoms with Gasteiger partial charge in [-0.15, -0.1) is 0 Å². The van der Waals surface area contributed by atoms with Gasteiger partial charge in [-0.25, -0.2) is 0 Å². The predicted molar refractivity (Wildman–Crippen MR) is 37.8 cm³/mol. The van der Waals surface area contributed by atoms with Gasteiger partial charge in [-0.3, -0.25) is 4.79 Å². The van der Waals surface area contributed by atoms with Crippen LogP contribution in [0.1, 0.15) is 27.7 Å². The van der Waals surface area contributed by atoms with E-state index in [1.807, 2.05) is 20.8 Å². The van der Waals surface area contributed by atoms with Crippen LogP contribution in [0.5, 0.6) is 0 Å². The number of carboxylic acids is 1. The summed E-state index contributed by atoms with van der Waals surface area (Å²) in [5.74, 6) is -0.833. The van der Waals surface area contributed by atoms with Gasteiger partial charge in [0.25, 0.3) is 5.97 Å². The summed E-state index contributed by atoms with van der Waals surface area (Å²) in [4.78, 5) is 19.4. The summed E-state index contributed by atoms with van der Waals surface area (Å²) in [6.07, 6.45) is 0. The standard InChI is InChI=1S/C5H9O.C2H4O2.Ag/c1-5(2,3)4-6;1-2(3)4;/h1-3H3;1H3,(H,3,4);. The Morgan fingerprint density at radius 1 is 1.27 bits per heavy atom. The zero-order valence-corrected chi connectivity index (χ0v) is 8.55. The molecule has 0 aromatic heterocycles. The third-order valence-electron chi connectivity index (χ3n) is 0.532. The van der Waals surface area contributed by atoms with Crippen molar-refractivity contribution in [2.75, 3.05) is 0 Å².